The molecule has 1 aliphatic carbocycles. The molecule has 4 heterocycles. The maximum Gasteiger partial charge on any atom is 0.227 e. The minimum absolute atomic E-state index is 0.0692. The molecule has 1 aliphatic heterocycles. The second kappa shape index (κ2) is 8.71. The molecule has 5 rings (SSSR count). The molecule has 0 bridgehead atoms. The van der Waals surface area contributed by atoms with Crippen LogP contribution in [0.25, 0.3) is 11.2 Å². The number of aromatic nitrogens is 6. The standard InChI is InChI=1S/C23H31N7O2/c1-4-18-14(2)25-22-21(26-18)20(15-5-7-17(31)8-6-15)27-23(28-22)30-9-10-32-19(13-30)16-11-24-29(3)12-16/h11-12,15,17,19,31H,4-10,13H2,1-3H3/t15?,17?,19-/m1/s1. The predicted octanol–water partition coefficient (Wildman–Crippen LogP) is 2.62. The first-order valence-electron chi connectivity index (χ1n) is 11.6. The molecule has 3 aromatic rings. The van der Waals surface area contributed by atoms with Crippen LogP contribution in [0.3, 0.4) is 0 Å². The van der Waals surface area contributed by atoms with Crippen molar-refractivity contribution < 1.29 is 9.84 Å². The lowest BCUT2D eigenvalue weighted by atomic mass is 9.85. The highest BCUT2D eigenvalue weighted by molar-refractivity contribution is 5.75. The van der Waals surface area contributed by atoms with Crippen LogP contribution in [-0.2, 0) is 18.2 Å². The highest BCUT2D eigenvalue weighted by Gasteiger charge is 2.29. The van der Waals surface area contributed by atoms with Gasteiger partial charge < -0.3 is 14.7 Å². The van der Waals surface area contributed by atoms with Crippen LogP contribution in [0.2, 0.25) is 0 Å². The number of anilines is 1. The Kier molecular flexibility index (Phi) is 5.77. The van der Waals surface area contributed by atoms with Crippen LogP contribution in [0, 0.1) is 6.92 Å². The number of hydrogen-bond acceptors (Lipinski definition) is 8. The first-order chi connectivity index (χ1) is 15.5. The van der Waals surface area contributed by atoms with Crippen LogP contribution < -0.4 is 4.90 Å². The van der Waals surface area contributed by atoms with Crippen molar-refractivity contribution in [3.63, 3.8) is 0 Å². The highest BCUT2D eigenvalue weighted by atomic mass is 16.5. The Balaban J connectivity index is 1.54. The van der Waals surface area contributed by atoms with Crippen LogP contribution >= 0.6 is 0 Å². The zero-order chi connectivity index (χ0) is 22.2. The van der Waals surface area contributed by atoms with E-state index in [1.54, 1.807) is 4.68 Å². The molecule has 0 radical (unpaired) electrons. The first-order valence-corrected chi connectivity index (χ1v) is 11.6. The maximum atomic E-state index is 10.0. The third kappa shape index (κ3) is 4.06. The lowest BCUT2D eigenvalue weighted by Crippen LogP contribution is -2.39. The van der Waals surface area contributed by atoms with Crippen LogP contribution in [-0.4, -0.2) is 60.6 Å². The Morgan fingerprint density at radius 2 is 1.94 bits per heavy atom. The van der Waals surface area contributed by atoms with Gasteiger partial charge in [-0.15, -0.1) is 0 Å². The third-order valence-electron chi connectivity index (χ3n) is 6.68. The molecule has 1 atom stereocenters. The van der Waals surface area contributed by atoms with Gasteiger partial charge in [-0.2, -0.15) is 10.1 Å². The van der Waals surface area contributed by atoms with E-state index in [0.717, 1.165) is 66.8 Å². The van der Waals surface area contributed by atoms with Gasteiger partial charge in [0.1, 0.15) is 11.6 Å². The van der Waals surface area contributed by atoms with Crippen LogP contribution in [0.15, 0.2) is 12.4 Å². The van der Waals surface area contributed by atoms with Gasteiger partial charge >= 0.3 is 0 Å². The molecule has 0 unspecified atom stereocenters. The van der Waals surface area contributed by atoms with Gasteiger partial charge in [0.25, 0.3) is 0 Å². The summed E-state index contributed by atoms with van der Waals surface area (Å²) in [4.78, 5) is 21.9. The van der Waals surface area contributed by atoms with Crippen molar-refractivity contribution in [2.75, 3.05) is 24.6 Å². The molecular formula is C23H31N7O2. The summed E-state index contributed by atoms with van der Waals surface area (Å²) in [7, 11) is 1.91. The molecule has 2 fully saturated rings. The van der Waals surface area contributed by atoms with Gasteiger partial charge in [-0.3, -0.25) is 4.68 Å². The summed E-state index contributed by atoms with van der Waals surface area (Å²) in [6.07, 6.45) is 7.81. The zero-order valence-corrected chi connectivity index (χ0v) is 19.0. The Hall–Kier alpha value is -2.65. The molecule has 0 amide bonds. The van der Waals surface area contributed by atoms with E-state index in [9.17, 15) is 5.11 Å². The SMILES string of the molecule is CCc1nc2c(C3CCC(O)CC3)nc(N3CCO[C@@H](c4cnn(C)c4)C3)nc2nc1C. The number of ether oxygens (including phenoxy) is 1. The second-order valence-corrected chi connectivity index (χ2v) is 8.95. The molecule has 1 saturated heterocycles. The van der Waals surface area contributed by atoms with E-state index < -0.39 is 0 Å². The van der Waals surface area contributed by atoms with Crippen molar-refractivity contribution in [2.45, 2.75) is 64.1 Å². The van der Waals surface area contributed by atoms with Gasteiger partial charge in [0.2, 0.25) is 5.95 Å². The van der Waals surface area contributed by atoms with E-state index >= 15 is 0 Å². The van der Waals surface area contributed by atoms with Gasteiger partial charge in [0.15, 0.2) is 5.65 Å². The topological polar surface area (TPSA) is 102 Å². The van der Waals surface area contributed by atoms with E-state index in [0.29, 0.717) is 24.7 Å². The van der Waals surface area contributed by atoms with Crippen LogP contribution in [0.1, 0.15) is 67.3 Å². The minimum atomic E-state index is -0.210. The molecular weight excluding hydrogens is 406 g/mol. The molecule has 1 N–H and O–H groups in total. The lowest BCUT2D eigenvalue weighted by Gasteiger charge is -2.33. The fraction of sp³-hybridized carbons (Fsp3) is 0.609. The Labute approximate surface area is 187 Å². The lowest BCUT2D eigenvalue weighted by molar-refractivity contribution is 0.0392. The van der Waals surface area contributed by atoms with Crippen LogP contribution in [0.5, 0.6) is 0 Å². The van der Waals surface area contributed by atoms with Crippen molar-refractivity contribution >= 4 is 17.1 Å². The molecule has 1 saturated carbocycles. The molecule has 0 spiro atoms. The fourth-order valence-electron chi connectivity index (χ4n) is 4.82. The average molecular weight is 438 g/mol. The van der Waals surface area contributed by atoms with Gasteiger partial charge in [-0.05, 0) is 39.0 Å². The average Bonchev–Trinajstić information content (AvgIpc) is 3.25. The Morgan fingerprint density at radius 3 is 2.66 bits per heavy atom. The van der Waals surface area contributed by atoms with Gasteiger partial charge in [-0.1, -0.05) is 6.92 Å². The molecule has 32 heavy (non-hydrogen) atoms. The molecule has 2 aliphatic rings. The van der Waals surface area contributed by atoms with Crippen molar-refractivity contribution in [1.29, 1.82) is 0 Å². The molecule has 9 nitrogen and oxygen atoms in total. The second-order valence-electron chi connectivity index (χ2n) is 8.95. The molecule has 3 aromatic heterocycles. The number of hydrogen-bond donors (Lipinski definition) is 1. The number of fused-ring (bicyclic) bond motifs is 1. The number of aliphatic hydroxyl groups excluding tert-OH is 1. The quantitative estimate of drug-likeness (QED) is 0.665. The molecule has 0 aromatic carbocycles. The van der Waals surface area contributed by atoms with Crippen LogP contribution in [0.4, 0.5) is 5.95 Å². The zero-order valence-electron chi connectivity index (χ0n) is 19.0. The van der Waals surface area contributed by atoms with Gasteiger partial charge in [0, 0.05) is 31.3 Å². The summed E-state index contributed by atoms with van der Waals surface area (Å²) < 4.78 is 7.81. The summed E-state index contributed by atoms with van der Waals surface area (Å²) in [5, 5.41) is 14.3. The summed E-state index contributed by atoms with van der Waals surface area (Å²) in [5.41, 5.74) is 5.43. The number of aryl methyl sites for hydroxylation is 3. The largest absolute Gasteiger partial charge is 0.393 e. The van der Waals surface area contributed by atoms with E-state index in [1.807, 2.05) is 26.4 Å². The number of aliphatic hydroxyl groups is 1. The Morgan fingerprint density at radius 1 is 1.12 bits per heavy atom. The van der Waals surface area contributed by atoms with Crippen molar-refractivity contribution in [1.82, 2.24) is 29.7 Å². The first kappa shape index (κ1) is 21.2. The number of rotatable bonds is 4. The molecule has 9 heteroatoms. The normalized spacial score (nSPS) is 24.2. The van der Waals surface area contributed by atoms with Crippen molar-refractivity contribution in [3.8, 4) is 0 Å². The minimum Gasteiger partial charge on any atom is -0.393 e. The molecule has 170 valence electrons. The Bertz CT molecular complexity index is 1110. The van der Waals surface area contributed by atoms with E-state index in [4.69, 9.17) is 24.7 Å². The highest BCUT2D eigenvalue weighted by Crippen LogP contribution is 2.36. The number of nitrogens with zero attached hydrogens (tertiary/aromatic N) is 7. The monoisotopic (exact) mass is 437 g/mol. The number of morpholine rings is 1. The summed E-state index contributed by atoms with van der Waals surface area (Å²) in [6, 6.07) is 0. The van der Waals surface area contributed by atoms with Gasteiger partial charge in [0.05, 0.1) is 42.5 Å². The fourth-order valence-corrected chi connectivity index (χ4v) is 4.82. The van der Waals surface area contributed by atoms with Crippen molar-refractivity contribution in [3.05, 3.63) is 35.0 Å². The smallest absolute Gasteiger partial charge is 0.227 e. The van der Waals surface area contributed by atoms with Crippen molar-refractivity contribution in [2.24, 2.45) is 7.05 Å². The van der Waals surface area contributed by atoms with E-state index in [2.05, 4.69) is 16.9 Å². The van der Waals surface area contributed by atoms with E-state index in [1.165, 1.54) is 0 Å². The van der Waals surface area contributed by atoms with Gasteiger partial charge in [-0.25, -0.2) is 15.0 Å². The summed E-state index contributed by atoms with van der Waals surface area (Å²) in [6.45, 7) is 6.09. The maximum absolute atomic E-state index is 10.0. The summed E-state index contributed by atoms with van der Waals surface area (Å²) in [5.74, 6) is 0.952. The third-order valence-corrected chi connectivity index (χ3v) is 6.68. The van der Waals surface area contributed by atoms with E-state index in [-0.39, 0.29) is 18.1 Å². The summed E-state index contributed by atoms with van der Waals surface area (Å²) >= 11 is 0. The predicted molar refractivity (Wildman–Crippen MR) is 121 cm³/mol.